The molecule has 4 fully saturated rings. The molecule has 0 spiro atoms. The number of H-pyrrole nitrogens is 1. The third kappa shape index (κ3) is 5.62. The molecule has 0 aliphatic carbocycles. The minimum atomic E-state index is -0.810. The van der Waals surface area contributed by atoms with Crippen molar-refractivity contribution in [2.45, 2.75) is 62.8 Å². The number of nitrogens with one attached hydrogen (secondary N) is 2. The van der Waals surface area contributed by atoms with Gasteiger partial charge in [-0.2, -0.15) is 4.98 Å². The van der Waals surface area contributed by atoms with E-state index in [1.165, 1.54) is 43.3 Å². The summed E-state index contributed by atoms with van der Waals surface area (Å²) in [6.45, 7) is 5.33. The number of terminal acetylenes is 1. The molecule has 4 aliphatic rings. The van der Waals surface area contributed by atoms with Gasteiger partial charge in [0.25, 0.3) is 0 Å². The zero-order valence-electron chi connectivity index (χ0n) is 24.7. The van der Waals surface area contributed by atoms with Crippen LogP contribution in [-0.2, 0) is 21.1 Å². The number of aromatic hydroxyl groups is 1. The maximum atomic E-state index is 15.9. The molecule has 0 amide bonds. The summed E-state index contributed by atoms with van der Waals surface area (Å²) in [5.74, 6) is 1.09. The van der Waals surface area contributed by atoms with Gasteiger partial charge in [0.05, 0.1) is 16.5 Å². The fourth-order valence-electron chi connectivity index (χ4n) is 7.62. The predicted octanol–water partition coefficient (Wildman–Crippen LogP) is 4.62. The molecule has 2 unspecified atom stereocenters. The van der Waals surface area contributed by atoms with E-state index in [0.29, 0.717) is 48.3 Å². The van der Waals surface area contributed by atoms with E-state index >= 15 is 4.39 Å². The van der Waals surface area contributed by atoms with Crippen LogP contribution in [0.2, 0.25) is 0 Å². The molecule has 45 heavy (non-hydrogen) atoms. The minimum absolute atomic E-state index is 0. The van der Waals surface area contributed by atoms with Crippen LogP contribution in [0.15, 0.2) is 35.3 Å². The fraction of sp³-hybridized carbons (Fsp3) is 0.424. The van der Waals surface area contributed by atoms with Crippen molar-refractivity contribution >= 4 is 27.5 Å². The van der Waals surface area contributed by atoms with Gasteiger partial charge >= 0.3 is 5.69 Å². The Balaban J connectivity index is 0.000000276. The van der Waals surface area contributed by atoms with E-state index in [2.05, 4.69) is 38.0 Å². The van der Waals surface area contributed by atoms with Crippen LogP contribution in [0.4, 0.5) is 19.0 Å². The van der Waals surface area contributed by atoms with Crippen LogP contribution in [0.1, 0.15) is 44.6 Å². The maximum absolute atomic E-state index is 15.9. The summed E-state index contributed by atoms with van der Waals surface area (Å²) in [5, 5.41) is 14.8. The topological polar surface area (TPSA) is 97.4 Å². The predicted molar refractivity (Wildman–Crippen MR) is 164 cm³/mol. The van der Waals surface area contributed by atoms with Crippen LogP contribution < -0.4 is 15.9 Å². The number of piperazine rings is 1. The third-order valence-corrected chi connectivity index (χ3v) is 9.65. The molecule has 0 radical (unpaired) electrons. The van der Waals surface area contributed by atoms with E-state index in [1.54, 1.807) is 0 Å². The molecule has 6 heterocycles. The first-order valence-corrected chi connectivity index (χ1v) is 15.0. The first-order valence-electron chi connectivity index (χ1n) is 15.0. The largest absolute Gasteiger partial charge is 0.508 e. The van der Waals surface area contributed by atoms with Gasteiger partial charge in [-0.1, -0.05) is 12.0 Å². The van der Waals surface area contributed by atoms with Gasteiger partial charge in [-0.05, 0) is 69.2 Å². The van der Waals surface area contributed by atoms with Gasteiger partial charge in [0.15, 0.2) is 5.82 Å². The number of phenols is 1. The summed E-state index contributed by atoms with van der Waals surface area (Å²) < 4.78 is 43.2. The van der Waals surface area contributed by atoms with Crippen molar-refractivity contribution < 1.29 is 39.3 Å². The van der Waals surface area contributed by atoms with Crippen LogP contribution in [0, 0.1) is 24.0 Å². The number of anilines is 1. The second-order valence-corrected chi connectivity index (χ2v) is 12.6. The molecule has 2 bridgehead atoms. The van der Waals surface area contributed by atoms with Crippen LogP contribution in [0.3, 0.4) is 0 Å². The number of phenolic OH excluding ortho intramolecular Hbond substituents is 1. The Hall–Kier alpha value is -3.45. The number of nitrogens with zero attached hydrogens (tertiary/aromatic N) is 4. The van der Waals surface area contributed by atoms with Crippen molar-refractivity contribution in [2.24, 2.45) is 0 Å². The number of alkyl halides is 1. The summed E-state index contributed by atoms with van der Waals surface area (Å²) in [4.78, 5) is 27.7. The Bertz CT molecular complexity index is 1890. The van der Waals surface area contributed by atoms with E-state index in [1.807, 2.05) is 4.90 Å². The molecule has 4 atom stereocenters. The smallest absolute Gasteiger partial charge is 0.347 e. The molecule has 8 nitrogen and oxygen atoms in total. The quantitative estimate of drug-likeness (QED) is 0.208. The number of rotatable bonds is 2. The second kappa shape index (κ2) is 12.0. The molecule has 2 aromatic heterocycles. The molecule has 12 heteroatoms. The van der Waals surface area contributed by atoms with Crippen LogP contribution in [0.5, 0.6) is 5.75 Å². The summed E-state index contributed by atoms with van der Waals surface area (Å²) in [7, 11) is 0. The van der Waals surface area contributed by atoms with E-state index in [-0.39, 0.29) is 60.1 Å². The number of fused-ring (bicyclic) bond motifs is 5. The van der Waals surface area contributed by atoms with Crippen molar-refractivity contribution in [2.75, 3.05) is 31.1 Å². The molecular weight excluding hydrogens is 665 g/mol. The molecular formula is C33H33F3MoN6O2. The number of pyridine rings is 1. The summed E-state index contributed by atoms with van der Waals surface area (Å²) in [6, 6.07) is 5.94. The fourth-order valence-corrected chi connectivity index (χ4v) is 7.62. The Morgan fingerprint density at radius 2 is 1.91 bits per heavy atom. The average Bonchev–Trinajstić information content (AvgIpc) is 3.61. The molecule has 0 saturated carbocycles. The number of hydrogen-bond acceptors (Lipinski definition) is 7. The second-order valence-electron chi connectivity index (χ2n) is 12.6. The first kappa shape index (κ1) is 31.5. The van der Waals surface area contributed by atoms with Crippen molar-refractivity contribution in [3.05, 3.63) is 58.1 Å². The molecule has 3 N–H and O–H groups in total. The van der Waals surface area contributed by atoms with E-state index in [9.17, 15) is 18.7 Å². The van der Waals surface area contributed by atoms with Gasteiger partial charge in [-0.25, -0.2) is 18.0 Å². The number of aromatic amines is 1. The SMILES string of the molecule is C#Cc1c(F)ccc2cc(O)cc(-c3ncc4c(N5CC6CCC(C5)N6)nc(=O)[nH]c4c3F)c12.C[C@@]12CCCN1C[C@H](F)C2.[Mo]. The van der Waals surface area contributed by atoms with Crippen molar-refractivity contribution in [1.82, 2.24) is 25.2 Å². The molecule has 4 saturated heterocycles. The average molecular weight is 699 g/mol. The van der Waals surface area contributed by atoms with E-state index in [4.69, 9.17) is 6.42 Å². The first-order chi connectivity index (χ1) is 21.1. The molecule has 4 aliphatic heterocycles. The number of halogens is 3. The van der Waals surface area contributed by atoms with Gasteiger partial charge < -0.3 is 20.3 Å². The van der Waals surface area contributed by atoms with Gasteiger partial charge in [-0.3, -0.25) is 9.88 Å². The summed E-state index contributed by atoms with van der Waals surface area (Å²) in [6.07, 6.45) is 11.8. The Morgan fingerprint density at radius 3 is 2.62 bits per heavy atom. The van der Waals surface area contributed by atoms with Gasteiger partial charge in [0.2, 0.25) is 0 Å². The Labute approximate surface area is 272 Å². The van der Waals surface area contributed by atoms with Crippen LogP contribution in [-0.4, -0.2) is 74.9 Å². The van der Waals surface area contributed by atoms with Crippen LogP contribution in [0.25, 0.3) is 32.9 Å². The van der Waals surface area contributed by atoms with Crippen LogP contribution >= 0.6 is 0 Å². The molecule has 234 valence electrons. The zero-order chi connectivity index (χ0) is 30.7. The van der Waals surface area contributed by atoms with Gasteiger partial charge in [0.1, 0.15) is 29.3 Å². The molecule has 4 aromatic rings. The molecule has 8 rings (SSSR count). The van der Waals surface area contributed by atoms with Gasteiger partial charge in [-0.15, -0.1) is 6.42 Å². The Morgan fingerprint density at radius 1 is 1.16 bits per heavy atom. The number of hydrogen-bond donors (Lipinski definition) is 3. The van der Waals surface area contributed by atoms with E-state index < -0.39 is 23.5 Å². The van der Waals surface area contributed by atoms with Gasteiger partial charge in [0, 0.05) is 75.5 Å². The zero-order valence-corrected chi connectivity index (χ0v) is 26.8. The van der Waals surface area contributed by atoms with Crippen molar-refractivity contribution in [1.29, 1.82) is 0 Å². The standard InChI is InChI=1S/C25H19F2N5O2.C8H14FN.Mo/c1-2-16-19(26)6-3-12-7-15(33)8-17(20(12)16)22-21(27)23-18(9-28-22)24(31-25(34)30-23)32-10-13-4-5-14(11-32)29-13;1-8-3-2-4-10(8)6-7(9)5-8;/h1,3,6-9,13-14,29,33H,4-5,10-11H2,(H,30,31,34);7H,2-6H2,1H3;/t;7-,8+;/m.1./s1. The summed E-state index contributed by atoms with van der Waals surface area (Å²) >= 11 is 0. The summed E-state index contributed by atoms with van der Waals surface area (Å²) in [5.41, 5.74) is -0.597. The van der Waals surface area contributed by atoms with E-state index in [0.717, 1.165) is 25.8 Å². The number of aromatic nitrogens is 3. The third-order valence-electron chi connectivity index (χ3n) is 9.65. The number of benzene rings is 2. The molecule has 2 aromatic carbocycles. The Kier molecular flexibility index (Phi) is 8.44. The normalized spacial score (nSPS) is 25.5. The van der Waals surface area contributed by atoms with Crippen molar-refractivity contribution in [3.63, 3.8) is 0 Å². The minimum Gasteiger partial charge on any atom is -0.508 e. The van der Waals surface area contributed by atoms with Crippen molar-refractivity contribution in [3.8, 4) is 29.4 Å². The maximum Gasteiger partial charge on any atom is 0.347 e. The monoisotopic (exact) mass is 700 g/mol.